The molecule has 0 bridgehead atoms. The highest BCUT2D eigenvalue weighted by molar-refractivity contribution is 6.47. The number of para-hydroxylation sites is 1. The van der Waals surface area contributed by atoms with Gasteiger partial charge in [0, 0.05) is 16.9 Å². The van der Waals surface area contributed by atoms with Crippen LogP contribution in [0.25, 0.3) is 11.1 Å². The van der Waals surface area contributed by atoms with E-state index in [2.05, 4.69) is 10.3 Å². The van der Waals surface area contributed by atoms with Crippen LogP contribution in [0.3, 0.4) is 0 Å². The predicted molar refractivity (Wildman–Crippen MR) is 118 cm³/mol. The number of hydrogen-bond donors (Lipinski definition) is 2. The molecule has 0 saturated heterocycles. The van der Waals surface area contributed by atoms with E-state index in [1.54, 1.807) is 57.4 Å². The SMILES string of the molecule is CCOC(=O)c1c(C)[nH]c(C(=O)C(=O)Nc2ccccc2C)c1-c1ccc(OC)cc1. The smallest absolute Gasteiger partial charge is 0.340 e. The molecule has 0 atom stereocenters. The van der Waals surface area contributed by atoms with Crippen molar-refractivity contribution in [2.45, 2.75) is 20.8 Å². The number of hydrogen-bond acceptors (Lipinski definition) is 5. The highest BCUT2D eigenvalue weighted by atomic mass is 16.5. The number of aromatic nitrogens is 1. The zero-order valence-electron chi connectivity index (χ0n) is 17.9. The van der Waals surface area contributed by atoms with Gasteiger partial charge in [-0.1, -0.05) is 30.3 Å². The number of H-pyrrole nitrogens is 1. The van der Waals surface area contributed by atoms with Crippen LogP contribution in [0.15, 0.2) is 48.5 Å². The molecule has 3 rings (SSSR count). The molecule has 1 heterocycles. The van der Waals surface area contributed by atoms with Gasteiger partial charge in [0.1, 0.15) is 11.4 Å². The average Bonchev–Trinajstić information content (AvgIpc) is 3.12. The monoisotopic (exact) mass is 420 g/mol. The van der Waals surface area contributed by atoms with Crippen LogP contribution in [0, 0.1) is 13.8 Å². The Morgan fingerprint density at radius 2 is 1.68 bits per heavy atom. The highest BCUT2D eigenvalue weighted by Gasteiger charge is 2.30. The van der Waals surface area contributed by atoms with Gasteiger partial charge >= 0.3 is 5.97 Å². The molecule has 0 aliphatic rings. The first kappa shape index (κ1) is 21.8. The second kappa shape index (κ2) is 9.30. The summed E-state index contributed by atoms with van der Waals surface area (Å²) < 4.78 is 10.4. The minimum Gasteiger partial charge on any atom is -0.497 e. The Morgan fingerprint density at radius 3 is 2.29 bits per heavy atom. The van der Waals surface area contributed by atoms with Gasteiger partial charge in [0.15, 0.2) is 0 Å². The van der Waals surface area contributed by atoms with Gasteiger partial charge in [-0.15, -0.1) is 0 Å². The Kier molecular flexibility index (Phi) is 6.55. The number of ketones is 1. The van der Waals surface area contributed by atoms with Crippen LogP contribution in [0.5, 0.6) is 5.75 Å². The number of nitrogens with one attached hydrogen (secondary N) is 2. The van der Waals surface area contributed by atoms with Crippen LogP contribution in [-0.2, 0) is 9.53 Å². The molecule has 0 fully saturated rings. The van der Waals surface area contributed by atoms with E-state index < -0.39 is 17.7 Å². The molecule has 31 heavy (non-hydrogen) atoms. The van der Waals surface area contributed by atoms with E-state index in [1.807, 2.05) is 19.1 Å². The van der Waals surface area contributed by atoms with Crippen LogP contribution in [0.2, 0.25) is 0 Å². The van der Waals surface area contributed by atoms with E-state index in [-0.39, 0.29) is 17.9 Å². The van der Waals surface area contributed by atoms with Crippen LogP contribution < -0.4 is 10.1 Å². The standard InChI is InChI=1S/C24H24N2O5/c1-5-31-24(29)19-15(3)25-21(20(19)16-10-12-17(30-4)13-11-16)22(27)23(28)26-18-9-7-6-8-14(18)2/h6-13,25H,5H2,1-4H3,(H,26,28). The third-order valence-corrected chi connectivity index (χ3v) is 4.87. The molecule has 0 unspecified atom stereocenters. The van der Waals surface area contributed by atoms with Crippen LogP contribution in [-0.4, -0.2) is 36.4 Å². The van der Waals surface area contributed by atoms with Crippen molar-refractivity contribution in [1.29, 1.82) is 0 Å². The number of anilines is 1. The first-order valence-corrected chi connectivity index (χ1v) is 9.82. The topological polar surface area (TPSA) is 97.5 Å². The molecule has 1 aromatic heterocycles. The number of carbonyl (C=O) groups is 3. The van der Waals surface area contributed by atoms with Gasteiger partial charge in [0.05, 0.1) is 19.3 Å². The first-order chi connectivity index (χ1) is 14.9. The summed E-state index contributed by atoms with van der Waals surface area (Å²) in [6.07, 6.45) is 0. The summed E-state index contributed by atoms with van der Waals surface area (Å²) in [7, 11) is 1.55. The molecule has 2 aromatic carbocycles. The molecule has 160 valence electrons. The van der Waals surface area contributed by atoms with Gasteiger partial charge in [-0.25, -0.2) is 4.79 Å². The number of benzene rings is 2. The highest BCUT2D eigenvalue weighted by Crippen LogP contribution is 2.33. The Hall–Kier alpha value is -3.87. The number of aryl methyl sites for hydroxylation is 2. The summed E-state index contributed by atoms with van der Waals surface area (Å²) in [5, 5.41) is 2.64. The van der Waals surface area contributed by atoms with Gasteiger partial charge in [-0.2, -0.15) is 0 Å². The fourth-order valence-electron chi connectivity index (χ4n) is 3.31. The molecular formula is C24H24N2O5. The van der Waals surface area contributed by atoms with E-state index in [4.69, 9.17) is 9.47 Å². The number of esters is 1. The summed E-state index contributed by atoms with van der Waals surface area (Å²) in [4.78, 5) is 41.4. The van der Waals surface area contributed by atoms with Gasteiger partial charge in [0.25, 0.3) is 11.7 Å². The van der Waals surface area contributed by atoms with Gasteiger partial charge < -0.3 is 19.8 Å². The van der Waals surface area contributed by atoms with Crippen molar-refractivity contribution in [3.63, 3.8) is 0 Å². The molecule has 0 radical (unpaired) electrons. The Balaban J connectivity index is 2.07. The largest absolute Gasteiger partial charge is 0.497 e. The van der Waals surface area contributed by atoms with E-state index >= 15 is 0 Å². The van der Waals surface area contributed by atoms with Gasteiger partial charge in [0.2, 0.25) is 0 Å². The summed E-state index contributed by atoms with van der Waals surface area (Å²) in [5.74, 6) is -1.53. The van der Waals surface area contributed by atoms with E-state index in [1.165, 1.54) is 0 Å². The van der Waals surface area contributed by atoms with E-state index in [0.29, 0.717) is 28.3 Å². The maximum absolute atomic E-state index is 13.1. The maximum Gasteiger partial charge on any atom is 0.340 e. The summed E-state index contributed by atoms with van der Waals surface area (Å²) >= 11 is 0. The number of methoxy groups -OCH3 is 1. The number of carbonyl (C=O) groups excluding carboxylic acids is 3. The Labute approximate surface area is 180 Å². The first-order valence-electron chi connectivity index (χ1n) is 9.82. The number of amides is 1. The van der Waals surface area contributed by atoms with Crippen molar-refractivity contribution in [3.8, 4) is 16.9 Å². The lowest BCUT2D eigenvalue weighted by Gasteiger charge is -2.10. The Morgan fingerprint density at radius 1 is 1.00 bits per heavy atom. The fraction of sp³-hybridized carbons (Fsp3) is 0.208. The number of ether oxygens (including phenoxy) is 2. The predicted octanol–water partition coefficient (Wildman–Crippen LogP) is 4.31. The lowest BCUT2D eigenvalue weighted by atomic mass is 9.98. The van der Waals surface area contributed by atoms with Crippen molar-refractivity contribution in [2.75, 3.05) is 19.0 Å². The van der Waals surface area contributed by atoms with Crippen molar-refractivity contribution in [2.24, 2.45) is 0 Å². The van der Waals surface area contributed by atoms with E-state index in [0.717, 1.165) is 5.56 Å². The summed E-state index contributed by atoms with van der Waals surface area (Å²) in [5.41, 5.74) is 2.96. The second-order valence-electron chi connectivity index (χ2n) is 6.92. The zero-order valence-corrected chi connectivity index (χ0v) is 17.9. The molecule has 0 aliphatic carbocycles. The second-order valence-corrected chi connectivity index (χ2v) is 6.92. The van der Waals surface area contributed by atoms with Gasteiger partial charge in [-0.05, 0) is 50.1 Å². The van der Waals surface area contributed by atoms with Crippen LogP contribution in [0.4, 0.5) is 5.69 Å². The summed E-state index contributed by atoms with van der Waals surface area (Å²) in [6, 6.07) is 14.0. The quantitative estimate of drug-likeness (QED) is 0.337. The average molecular weight is 420 g/mol. The molecule has 3 aromatic rings. The molecular weight excluding hydrogens is 396 g/mol. The van der Waals surface area contributed by atoms with E-state index in [9.17, 15) is 14.4 Å². The van der Waals surface area contributed by atoms with Gasteiger partial charge in [-0.3, -0.25) is 9.59 Å². The fourth-order valence-corrected chi connectivity index (χ4v) is 3.31. The third-order valence-electron chi connectivity index (χ3n) is 4.87. The summed E-state index contributed by atoms with van der Waals surface area (Å²) in [6.45, 7) is 5.38. The molecule has 0 spiro atoms. The third kappa shape index (κ3) is 4.50. The zero-order chi connectivity index (χ0) is 22.5. The molecule has 0 aliphatic heterocycles. The molecule has 0 saturated carbocycles. The molecule has 7 nitrogen and oxygen atoms in total. The Bertz CT molecular complexity index is 1130. The minimum absolute atomic E-state index is 0.0248. The van der Waals surface area contributed by atoms with Crippen molar-refractivity contribution in [3.05, 3.63) is 71.0 Å². The lowest BCUT2D eigenvalue weighted by Crippen LogP contribution is -2.24. The number of rotatable bonds is 7. The van der Waals surface area contributed by atoms with Crippen molar-refractivity contribution >= 4 is 23.3 Å². The molecule has 7 heteroatoms. The molecule has 2 N–H and O–H groups in total. The van der Waals surface area contributed by atoms with Crippen molar-refractivity contribution in [1.82, 2.24) is 4.98 Å². The lowest BCUT2D eigenvalue weighted by molar-refractivity contribution is -0.112. The number of Topliss-reactive ketones (excluding diaryl/α,β-unsaturated/α-hetero) is 1. The maximum atomic E-state index is 13.1. The normalized spacial score (nSPS) is 10.5. The number of aromatic amines is 1. The minimum atomic E-state index is -0.805. The van der Waals surface area contributed by atoms with Crippen LogP contribution >= 0.6 is 0 Å². The van der Waals surface area contributed by atoms with Crippen LogP contribution in [0.1, 0.15) is 39.0 Å². The molecule has 1 amide bonds. The van der Waals surface area contributed by atoms with Crippen molar-refractivity contribution < 1.29 is 23.9 Å².